The van der Waals surface area contributed by atoms with Crippen LogP contribution >= 0.6 is 11.3 Å². The first-order valence-electron chi connectivity index (χ1n) is 14.0. The molecule has 1 saturated heterocycles. The standard InChI is InChI=1S/C31H40N6O3S/c1-7-8-17-40-28-18-24(12-13-27(28)37-16-10-14-32-37)22(5)34-23(6)29(38)21(4)30(39)36-15-9-11-26(36)25-19-41-31(35-25)33-20(2)3/h10,12-14,16,18-22,26,29,34,38H,6,9,11,15,17H2,1-5H3,(H,33,35)/t21-,22-,26-,29-/m1/s1. The van der Waals surface area contributed by atoms with Gasteiger partial charge in [-0.2, -0.15) is 5.10 Å². The van der Waals surface area contributed by atoms with Crippen LogP contribution in [0.3, 0.4) is 0 Å². The van der Waals surface area contributed by atoms with Gasteiger partial charge >= 0.3 is 0 Å². The zero-order chi connectivity index (χ0) is 29.5. The largest absolute Gasteiger partial charge is 0.479 e. The average Bonchev–Trinajstić information content (AvgIpc) is 3.74. The Morgan fingerprint density at radius 3 is 2.83 bits per heavy atom. The van der Waals surface area contributed by atoms with Crippen molar-refractivity contribution in [3.8, 4) is 23.3 Å². The molecule has 1 aromatic carbocycles. The van der Waals surface area contributed by atoms with Crippen molar-refractivity contribution in [3.63, 3.8) is 0 Å². The van der Waals surface area contributed by atoms with Crippen LogP contribution in [0.1, 0.15) is 70.8 Å². The van der Waals surface area contributed by atoms with Gasteiger partial charge in [0.05, 0.1) is 17.7 Å². The van der Waals surface area contributed by atoms with Crippen LogP contribution < -0.4 is 15.4 Å². The molecule has 4 rings (SSSR count). The topological polar surface area (TPSA) is 105 Å². The van der Waals surface area contributed by atoms with Gasteiger partial charge in [-0.3, -0.25) is 4.79 Å². The number of ether oxygens (including phenoxy) is 1. The van der Waals surface area contributed by atoms with E-state index in [1.165, 1.54) is 0 Å². The second-order valence-corrected chi connectivity index (χ2v) is 11.4. The predicted molar refractivity (Wildman–Crippen MR) is 163 cm³/mol. The van der Waals surface area contributed by atoms with Crippen LogP contribution in [0.4, 0.5) is 5.13 Å². The maximum Gasteiger partial charge on any atom is 0.228 e. The van der Waals surface area contributed by atoms with Gasteiger partial charge in [-0.15, -0.1) is 17.3 Å². The third kappa shape index (κ3) is 7.29. The van der Waals surface area contributed by atoms with E-state index in [2.05, 4.69) is 48.0 Å². The molecule has 10 heteroatoms. The van der Waals surface area contributed by atoms with Gasteiger partial charge in [0, 0.05) is 42.1 Å². The molecule has 0 bridgehead atoms. The van der Waals surface area contributed by atoms with E-state index >= 15 is 0 Å². The molecule has 1 aliphatic rings. The molecule has 3 N–H and O–H groups in total. The Labute approximate surface area is 246 Å². The first kappa shape index (κ1) is 30.2. The van der Waals surface area contributed by atoms with Crippen LogP contribution in [0.5, 0.6) is 5.75 Å². The highest BCUT2D eigenvalue weighted by Gasteiger charge is 2.37. The number of rotatable bonds is 12. The Morgan fingerprint density at radius 2 is 2.12 bits per heavy atom. The van der Waals surface area contributed by atoms with Crippen LogP contribution in [0.25, 0.3) is 5.69 Å². The van der Waals surface area contributed by atoms with Crippen molar-refractivity contribution in [2.24, 2.45) is 5.92 Å². The molecule has 1 amide bonds. The predicted octanol–water partition coefficient (Wildman–Crippen LogP) is 5.08. The van der Waals surface area contributed by atoms with Gasteiger partial charge < -0.3 is 25.4 Å². The summed E-state index contributed by atoms with van der Waals surface area (Å²) in [5.74, 6) is 5.65. The van der Waals surface area contributed by atoms with E-state index < -0.39 is 12.0 Å². The van der Waals surface area contributed by atoms with Gasteiger partial charge in [0.2, 0.25) is 5.91 Å². The summed E-state index contributed by atoms with van der Waals surface area (Å²) in [5, 5.41) is 25.0. The number of aromatic nitrogens is 3. The molecule has 0 spiro atoms. The Bertz CT molecular complexity index is 1390. The minimum absolute atomic E-state index is 0.0830. The normalized spacial score (nSPS) is 17.0. The van der Waals surface area contributed by atoms with Crippen LogP contribution in [0.15, 0.2) is 54.3 Å². The smallest absolute Gasteiger partial charge is 0.228 e. The molecular weight excluding hydrogens is 536 g/mol. The minimum Gasteiger partial charge on any atom is -0.479 e. The molecule has 3 aromatic rings. The van der Waals surface area contributed by atoms with E-state index in [0.717, 1.165) is 34.9 Å². The molecule has 218 valence electrons. The highest BCUT2D eigenvalue weighted by molar-refractivity contribution is 7.13. The average molecular weight is 577 g/mol. The Kier molecular flexibility index (Phi) is 10.1. The number of carbonyl (C=O) groups is 1. The van der Waals surface area contributed by atoms with Gasteiger partial charge in [0.15, 0.2) is 5.13 Å². The van der Waals surface area contributed by atoms with E-state index in [1.807, 2.05) is 47.7 Å². The molecule has 2 aromatic heterocycles. The zero-order valence-corrected chi connectivity index (χ0v) is 25.2. The monoisotopic (exact) mass is 576 g/mol. The number of thiazole rings is 1. The Balaban J connectivity index is 1.42. The molecule has 41 heavy (non-hydrogen) atoms. The molecule has 1 fully saturated rings. The summed E-state index contributed by atoms with van der Waals surface area (Å²) < 4.78 is 7.69. The van der Waals surface area contributed by atoms with E-state index in [1.54, 1.807) is 36.1 Å². The number of aliphatic hydroxyl groups excluding tert-OH is 1. The highest BCUT2D eigenvalue weighted by atomic mass is 32.1. The van der Waals surface area contributed by atoms with Gasteiger partial charge in [-0.25, -0.2) is 9.67 Å². The molecule has 9 nitrogen and oxygen atoms in total. The number of aliphatic hydroxyl groups is 1. The number of nitrogens with one attached hydrogen (secondary N) is 2. The highest BCUT2D eigenvalue weighted by Crippen LogP contribution is 2.35. The van der Waals surface area contributed by atoms with Crippen LogP contribution in [-0.2, 0) is 4.79 Å². The number of amides is 1. The summed E-state index contributed by atoms with van der Waals surface area (Å²) in [4.78, 5) is 20.1. The van der Waals surface area contributed by atoms with Crippen LogP contribution in [0, 0.1) is 17.8 Å². The first-order chi connectivity index (χ1) is 19.7. The number of anilines is 1. The first-order valence-corrected chi connectivity index (χ1v) is 14.9. The lowest BCUT2D eigenvalue weighted by molar-refractivity contribution is -0.138. The number of likely N-dealkylation sites (tertiary alicyclic amines) is 1. The summed E-state index contributed by atoms with van der Waals surface area (Å²) in [6.07, 6.45) is 4.27. The molecule has 3 heterocycles. The number of hydrogen-bond acceptors (Lipinski definition) is 8. The minimum atomic E-state index is -1.06. The molecule has 0 unspecified atom stereocenters. The van der Waals surface area contributed by atoms with Crippen molar-refractivity contribution >= 4 is 22.4 Å². The van der Waals surface area contributed by atoms with E-state index in [0.29, 0.717) is 18.0 Å². The summed E-state index contributed by atoms with van der Waals surface area (Å²) in [5.41, 5.74) is 3.02. The second-order valence-electron chi connectivity index (χ2n) is 10.6. The molecule has 4 atom stereocenters. The van der Waals surface area contributed by atoms with Gasteiger partial charge in [0.25, 0.3) is 0 Å². The SMILES string of the molecule is C=C(N[C@H](C)c1ccc(-n2cccn2)c(OCC#CC)c1)[C@H](O)[C@@H](C)C(=O)N1CCC[C@@H]1c1csc(NC(C)C)n1. The molecule has 0 saturated carbocycles. The fourth-order valence-electron chi connectivity index (χ4n) is 4.94. The number of hydrogen-bond donors (Lipinski definition) is 3. The zero-order valence-electron chi connectivity index (χ0n) is 24.4. The van der Waals surface area contributed by atoms with Gasteiger partial charge in [0.1, 0.15) is 24.1 Å². The van der Waals surface area contributed by atoms with Gasteiger partial charge in [-0.05, 0) is 64.3 Å². The van der Waals surface area contributed by atoms with Crippen molar-refractivity contribution < 1.29 is 14.6 Å². The second kappa shape index (κ2) is 13.7. The maximum atomic E-state index is 13.6. The number of nitrogens with zero attached hydrogens (tertiary/aromatic N) is 4. The van der Waals surface area contributed by atoms with Crippen molar-refractivity contribution in [3.05, 3.63) is 65.6 Å². The Morgan fingerprint density at radius 1 is 1.32 bits per heavy atom. The fourth-order valence-corrected chi connectivity index (χ4v) is 5.84. The van der Waals surface area contributed by atoms with Crippen molar-refractivity contribution in [1.82, 2.24) is 25.0 Å². The van der Waals surface area contributed by atoms with Crippen LogP contribution in [0.2, 0.25) is 0 Å². The summed E-state index contributed by atoms with van der Waals surface area (Å²) in [6, 6.07) is 7.71. The lowest BCUT2D eigenvalue weighted by Crippen LogP contribution is -2.42. The summed E-state index contributed by atoms with van der Waals surface area (Å²) in [7, 11) is 0. The number of carbonyl (C=O) groups excluding carboxylic acids is 1. The van der Waals surface area contributed by atoms with E-state index in [4.69, 9.17) is 9.72 Å². The van der Waals surface area contributed by atoms with Crippen molar-refractivity contribution in [2.75, 3.05) is 18.5 Å². The van der Waals surface area contributed by atoms with Crippen molar-refractivity contribution in [1.29, 1.82) is 0 Å². The summed E-state index contributed by atoms with van der Waals surface area (Å²) >= 11 is 1.56. The molecular formula is C31H40N6O3S. The summed E-state index contributed by atoms with van der Waals surface area (Å²) in [6.45, 7) is 14.6. The van der Waals surface area contributed by atoms with Crippen LogP contribution in [-0.4, -0.2) is 56.0 Å². The third-order valence-corrected chi connectivity index (χ3v) is 7.94. The molecule has 0 aliphatic carbocycles. The number of benzene rings is 1. The lowest BCUT2D eigenvalue weighted by Gasteiger charge is -2.30. The van der Waals surface area contributed by atoms with E-state index in [-0.39, 0.29) is 30.6 Å². The molecule has 1 aliphatic heterocycles. The Hall–Kier alpha value is -3.81. The molecule has 0 radical (unpaired) electrons. The third-order valence-electron chi connectivity index (χ3n) is 7.15. The van der Waals surface area contributed by atoms with E-state index in [9.17, 15) is 9.90 Å². The van der Waals surface area contributed by atoms with Crippen molar-refractivity contribution in [2.45, 2.75) is 71.7 Å². The quantitative estimate of drug-likeness (QED) is 0.259. The lowest BCUT2D eigenvalue weighted by atomic mass is 9.98. The van der Waals surface area contributed by atoms with Gasteiger partial charge in [-0.1, -0.05) is 25.5 Å². The fraction of sp³-hybridized carbons (Fsp3) is 0.452. The maximum absolute atomic E-state index is 13.6.